The van der Waals surface area contributed by atoms with Crippen LogP contribution in [-0.4, -0.2) is 32.1 Å². The van der Waals surface area contributed by atoms with Gasteiger partial charge in [-0.15, -0.1) is 0 Å². The van der Waals surface area contributed by atoms with Gasteiger partial charge in [-0.25, -0.2) is 0 Å². The summed E-state index contributed by atoms with van der Waals surface area (Å²) in [6.07, 6.45) is 0. The Morgan fingerprint density at radius 3 is 2.04 bits per heavy atom. The highest BCUT2D eigenvalue weighted by Crippen LogP contribution is 2.29. The zero-order chi connectivity index (χ0) is 19.1. The molecule has 0 aromatic heterocycles. The lowest BCUT2D eigenvalue weighted by molar-refractivity contribution is 0.261. The summed E-state index contributed by atoms with van der Waals surface area (Å²) in [5, 5.41) is 0.754. The van der Waals surface area contributed by atoms with Gasteiger partial charge in [0.25, 0.3) is 0 Å². The highest BCUT2D eigenvalue weighted by Gasteiger charge is 2.10. The van der Waals surface area contributed by atoms with Crippen LogP contribution in [0.5, 0.6) is 5.75 Å². The molecule has 27 heavy (non-hydrogen) atoms. The monoisotopic (exact) mass is 380 g/mol. The Balaban J connectivity index is 1.79. The second-order valence-corrected chi connectivity index (χ2v) is 7.13. The molecule has 4 heteroatoms. The molecule has 0 fully saturated rings. The Hall–Kier alpha value is -2.49. The quantitative estimate of drug-likeness (QED) is 0.504. The van der Waals surface area contributed by atoms with Crippen LogP contribution in [0.4, 0.5) is 11.4 Å². The molecule has 0 radical (unpaired) electrons. The lowest BCUT2D eigenvalue weighted by Crippen LogP contribution is -2.19. The van der Waals surface area contributed by atoms with Crippen LogP contribution in [0.25, 0.3) is 0 Å². The maximum Gasteiger partial charge on any atom is 0.119 e. The van der Waals surface area contributed by atoms with Gasteiger partial charge in [0.05, 0.1) is 0 Å². The van der Waals surface area contributed by atoms with Crippen LogP contribution >= 0.6 is 11.6 Å². The van der Waals surface area contributed by atoms with Crippen molar-refractivity contribution >= 4 is 23.0 Å². The molecular weight excluding hydrogens is 356 g/mol. The van der Waals surface area contributed by atoms with Crippen molar-refractivity contribution in [3.63, 3.8) is 0 Å². The third-order valence-corrected chi connectivity index (χ3v) is 4.53. The Morgan fingerprint density at radius 1 is 0.778 bits per heavy atom. The molecule has 0 aliphatic carbocycles. The van der Waals surface area contributed by atoms with Crippen LogP contribution in [0.1, 0.15) is 5.56 Å². The van der Waals surface area contributed by atoms with Gasteiger partial charge >= 0.3 is 0 Å². The van der Waals surface area contributed by atoms with Crippen molar-refractivity contribution in [3.8, 4) is 5.75 Å². The molecule has 0 bridgehead atoms. The lowest BCUT2D eigenvalue weighted by atomic mass is 10.1. The molecule has 0 saturated carbocycles. The van der Waals surface area contributed by atoms with Gasteiger partial charge in [0, 0.05) is 29.5 Å². The van der Waals surface area contributed by atoms with E-state index in [1.165, 1.54) is 5.56 Å². The van der Waals surface area contributed by atoms with E-state index in [4.69, 9.17) is 16.3 Å². The van der Waals surface area contributed by atoms with E-state index < -0.39 is 0 Å². The fraction of sp³-hybridized carbons (Fsp3) is 0.217. The fourth-order valence-electron chi connectivity index (χ4n) is 2.78. The average Bonchev–Trinajstić information content (AvgIpc) is 2.69. The zero-order valence-corrected chi connectivity index (χ0v) is 16.6. The Bertz CT molecular complexity index is 817. The number of halogens is 1. The minimum absolute atomic E-state index is 0.680. The first-order chi connectivity index (χ1) is 13.1. The summed E-state index contributed by atoms with van der Waals surface area (Å²) in [6.45, 7) is 2.34. The van der Waals surface area contributed by atoms with Gasteiger partial charge in [0.1, 0.15) is 12.4 Å². The maximum atomic E-state index is 6.03. The largest absolute Gasteiger partial charge is 0.492 e. The molecule has 140 valence electrons. The Labute approximate surface area is 166 Å². The number of anilines is 2. The minimum atomic E-state index is 0.680. The molecule has 3 aromatic rings. The van der Waals surface area contributed by atoms with Crippen LogP contribution in [0.3, 0.4) is 0 Å². The number of para-hydroxylation sites is 1. The second-order valence-electron chi connectivity index (χ2n) is 6.69. The van der Waals surface area contributed by atoms with Crippen LogP contribution < -0.4 is 9.64 Å². The summed E-state index contributed by atoms with van der Waals surface area (Å²) in [5.74, 6) is 0.889. The fourth-order valence-corrected chi connectivity index (χ4v) is 2.91. The van der Waals surface area contributed by atoms with Gasteiger partial charge in [-0.2, -0.15) is 0 Å². The molecule has 0 amide bonds. The van der Waals surface area contributed by atoms with Gasteiger partial charge in [0.15, 0.2) is 0 Å². The average molecular weight is 381 g/mol. The molecule has 0 saturated heterocycles. The van der Waals surface area contributed by atoms with Gasteiger partial charge in [-0.1, -0.05) is 41.9 Å². The van der Waals surface area contributed by atoms with E-state index in [0.29, 0.717) is 6.61 Å². The summed E-state index contributed by atoms with van der Waals surface area (Å²) in [7, 11) is 4.09. The molecule has 0 aliphatic rings. The number of rotatable bonds is 8. The number of benzene rings is 3. The van der Waals surface area contributed by atoms with Crippen LogP contribution in [0, 0.1) is 0 Å². The minimum Gasteiger partial charge on any atom is -0.492 e. The van der Waals surface area contributed by atoms with Crippen LogP contribution in [0.15, 0.2) is 78.9 Å². The van der Waals surface area contributed by atoms with Crippen molar-refractivity contribution in [2.24, 2.45) is 0 Å². The Kier molecular flexibility index (Phi) is 6.74. The lowest BCUT2D eigenvalue weighted by Gasteiger charge is -2.25. The molecule has 0 unspecified atom stereocenters. The second kappa shape index (κ2) is 9.45. The van der Waals surface area contributed by atoms with E-state index in [9.17, 15) is 0 Å². The number of hydrogen-bond acceptors (Lipinski definition) is 3. The molecule has 3 rings (SSSR count). The summed E-state index contributed by atoms with van der Waals surface area (Å²) >= 11 is 6.03. The predicted octanol–water partition coefficient (Wildman–Crippen LogP) is 5.62. The number of likely N-dealkylation sites (N-methyl/N-ethyl adjacent to an activating group) is 1. The highest BCUT2D eigenvalue weighted by atomic mass is 35.5. The van der Waals surface area contributed by atoms with Gasteiger partial charge < -0.3 is 14.5 Å². The van der Waals surface area contributed by atoms with E-state index >= 15 is 0 Å². The van der Waals surface area contributed by atoms with Crippen LogP contribution in [0.2, 0.25) is 5.02 Å². The molecule has 0 aliphatic heterocycles. The number of nitrogens with zero attached hydrogens (tertiary/aromatic N) is 2. The third-order valence-electron chi connectivity index (χ3n) is 4.28. The van der Waals surface area contributed by atoms with Crippen molar-refractivity contribution in [2.45, 2.75) is 6.54 Å². The normalized spacial score (nSPS) is 10.8. The zero-order valence-electron chi connectivity index (χ0n) is 15.8. The van der Waals surface area contributed by atoms with Crippen molar-refractivity contribution in [2.75, 3.05) is 32.1 Å². The van der Waals surface area contributed by atoms with Gasteiger partial charge in [-0.05, 0) is 68.2 Å². The molecule has 0 atom stereocenters. The highest BCUT2D eigenvalue weighted by molar-refractivity contribution is 6.30. The summed E-state index contributed by atoms with van der Waals surface area (Å²) in [4.78, 5) is 4.39. The Morgan fingerprint density at radius 2 is 1.41 bits per heavy atom. The van der Waals surface area contributed by atoms with Crippen molar-refractivity contribution < 1.29 is 4.74 Å². The molecule has 0 heterocycles. The molecule has 0 spiro atoms. The third kappa shape index (κ3) is 5.75. The molecule has 3 nitrogen and oxygen atoms in total. The topological polar surface area (TPSA) is 15.7 Å². The van der Waals surface area contributed by atoms with Gasteiger partial charge in [0.2, 0.25) is 0 Å². The first-order valence-corrected chi connectivity index (χ1v) is 9.44. The number of ether oxygens (including phenoxy) is 1. The van der Waals surface area contributed by atoms with E-state index in [1.807, 2.05) is 44.4 Å². The van der Waals surface area contributed by atoms with E-state index in [1.54, 1.807) is 0 Å². The first kappa shape index (κ1) is 19.3. The first-order valence-electron chi connectivity index (χ1n) is 9.06. The maximum absolute atomic E-state index is 6.03. The summed E-state index contributed by atoms with van der Waals surface area (Å²) in [5.41, 5.74) is 3.47. The van der Waals surface area contributed by atoms with Crippen molar-refractivity contribution in [1.82, 2.24) is 4.90 Å². The van der Waals surface area contributed by atoms with E-state index in [0.717, 1.165) is 35.2 Å². The summed E-state index contributed by atoms with van der Waals surface area (Å²) in [6, 6.07) is 26.7. The molecule has 3 aromatic carbocycles. The van der Waals surface area contributed by atoms with Crippen LogP contribution in [-0.2, 0) is 6.54 Å². The smallest absolute Gasteiger partial charge is 0.119 e. The molecule has 0 N–H and O–H groups in total. The molecular formula is C23H25ClN2O. The van der Waals surface area contributed by atoms with Gasteiger partial charge in [-0.3, -0.25) is 0 Å². The van der Waals surface area contributed by atoms with Crippen molar-refractivity contribution in [1.29, 1.82) is 0 Å². The summed E-state index contributed by atoms with van der Waals surface area (Å²) < 4.78 is 5.81. The number of hydrogen-bond donors (Lipinski definition) is 0. The predicted molar refractivity (Wildman–Crippen MR) is 114 cm³/mol. The van der Waals surface area contributed by atoms with Crippen molar-refractivity contribution in [3.05, 3.63) is 89.4 Å². The SMILES string of the molecule is CN(C)CCOc1ccc(N(Cc2ccc(Cl)cc2)c2ccccc2)cc1. The standard InChI is InChI=1S/C23H25ClN2O/c1-25(2)16-17-27-23-14-12-22(13-15-23)26(21-6-4-3-5-7-21)18-19-8-10-20(24)11-9-19/h3-15H,16-18H2,1-2H3. The van der Waals surface area contributed by atoms with E-state index in [-0.39, 0.29) is 0 Å². The van der Waals surface area contributed by atoms with E-state index in [2.05, 4.69) is 58.3 Å².